The van der Waals surface area contributed by atoms with E-state index in [2.05, 4.69) is 15.2 Å². The van der Waals surface area contributed by atoms with Crippen molar-refractivity contribution in [2.45, 2.75) is 6.42 Å². The maximum atomic E-state index is 6.29. The Morgan fingerprint density at radius 2 is 1.82 bits per heavy atom. The van der Waals surface area contributed by atoms with Crippen LogP contribution in [0.25, 0.3) is 10.9 Å². The Bertz CT molecular complexity index is 581. The van der Waals surface area contributed by atoms with Crippen LogP contribution in [0.2, 0.25) is 5.02 Å². The summed E-state index contributed by atoms with van der Waals surface area (Å²) >= 11 is 17.9. The first kappa shape index (κ1) is 17.6. The van der Waals surface area contributed by atoms with Gasteiger partial charge in [-0.1, -0.05) is 17.7 Å². The van der Waals surface area contributed by atoms with Crippen LogP contribution in [0.5, 0.6) is 0 Å². The highest BCUT2D eigenvalue weighted by atomic mass is 35.5. The second-order valence-electron chi connectivity index (χ2n) is 4.99. The molecule has 2 aromatic rings. The zero-order chi connectivity index (χ0) is 15.8. The van der Waals surface area contributed by atoms with Crippen molar-refractivity contribution in [2.24, 2.45) is 0 Å². The standard InChI is InChI=1S/C16H20Cl3N3/c17-6-11-22(12-7-18)10-2-8-20-15-5-9-21-14-4-1-3-13(19)16(14)15/h1,3-5,9H,2,6-8,10-12H2,(H,20,21). The molecule has 0 saturated heterocycles. The SMILES string of the molecule is ClCCN(CCCl)CCCNc1ccnc2cccc(Cl)c12. The number of anilines is 1. The summed E-state index contributed by atoms with van der Waals surface area (Å²) < 4.78 is 0. The van der Waals surface area contributed by atoms with Crippen LogP contribution < -0.4 is 5.32 Å². The largest absolute Gasteiger partial charge is 0.384 e. The van der Waals surface area contributed by atoms with E-state index in [1.807, 2.05) is 24.3 Å². The van der Waals surface area contributed by atoms with Gasteiger partial charge in [0.2, 0.25) is 0 Å². The second kappa shape index (κ2) is 9.41. The summed E-state index contributed by atoms with van der Waals surface area (Å²) in [4.78, 5) is 6.62. The maximum absolute atomic E-state index is 6.29. The van der Waals surface area contributed by atoms with Crippen LogP contribution in [0.1, 0.15) is 6.42 Å². The third-order valence-corrected chi connectivity index (χ3v) is 4.14. The van der Waals surface area contributed by atoms with Crippen LogP contribution in [0.15, 0.2) is 30.5 Å². The van der Waals surface area contributed by atoms with Crippen molar-refractivity contribution in [3.05, 3.63) is 35.5 Å². The Kier molecular flexibility index (Phi) is 7.53. The fraction of sp³-hybridized carbons (Fsp3) is 0.438. The summed E-state index contributed by atoms with van der Waals surface area (Å²) in [5, 5.41) is 5.15. The average Bonchev–Trinajstić information content (AvgIpc) is 2.52. The molecule has 22 heavy (non-hydrogen) atoms. The maximum Gasteiger partial charge on any atom is 0.0737 e. The monoisotopic (exact) mass is 359 g/mol. The van der Waals surface area contributed by atoms with Gasteiger partial charge in [0.15, 0.2) is 0 Å². The van der Waals surface area contributed by atoms with Gasteiger partial charge in [0.05, 0.1) is 10.5 Å². The summed E-state index contributed by atoms with van der Waals surface area (Å²) in [6, 6.07) is 7.73. The Balaban J connectivity index is 1.92. The zero-order valence-corrected chi connectivity index (χ0v) is 14.6. The molecule has 0 fully saturated rings. The number of hydrogen-bond donors (Lipinski definition) is 1. The fourth-order valence-electron chi connectivity index (χ4n) is 2.41. The number of fused-ring (bicyclic) bond motifs is 1. The summed E-state index contributed by atoms with van der Waals surface area (Å²) in [5.41, 5.74) is 1.93. The Labute approximate surface area is 146 Å². The van der Waals surface area contributed by atoms with Crippen molar-refractivity contribution in [1.29, 1.82) is 0 Å². The Morgan fingerprint density at radius 3 is 2.55 bits per heavy atom. The number of hydrogen-bond acceptors (Lipinski definition) is 3. The fourth-order valence-corrected chi connectivity index (χ4v) is 3.16. The van der Waals surface area contributed by atoms with E-state index in [0.717, 1.165) is 54.2 Å². The van der Waals surface area contributed by atoms with E-state index in [1.165, 1.54) is 0 Å². The highest BCUT2D eigenvalue weighted by Gasteiger charge is 2.06. The lowest BCUT2D eigenvalue weighted by Gasteiger charge is -2.20. The van der Waals surface area contributed by atoms with Crippen LogP contribution in [-0.4, -0.2) is 47.8 Å². The molecule has 0 aliphatic carbocycles. The Morgan fingerprint density at radius 1 is 1.05 bits per heavy atom. The lowest BCUT2D eigenvalue weighted by molar-refractivity contribution is 0.306. The molecular weight excluding hydrogens is 341 g/mol. The third-order valence-electron chi connectivity index (χ3n) is 3.48. The quantitative estimate of drug-likeness (QED) is 0.528. The van der Waals surface area contributed by atoms with Gasteiger partial charge in [-0.05, 0) is 31.2 Å². The van der Waals surface area contributed by atoms with Gasteiger partial charge in [0.25, 0.3) is 0 Å². The molecule has 0 bridgehead atoms. The normalized spacial score (nSPS) is 11.3. The summed E-state index contributed by atoms with van der Waals surface area (Å²) in [6.45, 7) is 3.59. The molecule has 0 amide bonds. The molecule has 0 aliphatic heterocycles. The molecular formula is C16H20Cl3N3. The smallest absolute Gasteiger partial charge is 0.0737 e. The van der Waals surface area contributed by atoms with Crippen molar-refractivity contribution in [3.8, 4) is 0 Å². The van der Waals surface area contributed by atoms with Gasteiger partial charge in [-0.2, -0.15) is 0 Å². The molecule has 2 rings (SSSR count). The first-order chi connectivity index (χ1) is 10.8. The van der Waals surface area contributed by atoms with Crippen LogP contribution >= 0.6 is 34.8 Å². The highest BCUT2D eigenvalue weighted by Crippen LogP contribution is 2.28. The molecule has 0 atom stereocenters. The van der Waals surface area contributed by atoms with E-state index in [4.69, 9.17) is 34.8 Å². The average molecular weight is 361 g/mol. The Hall–Kier alpha value is -0.740. The number of pyridine rings is 1. The first-order valence-corrected chi connectivity index (χ1v) is 8.82. The summed E-state index contributed by atoms with van der Waals surface area (Å²) in [7, 11) is 0. The minimum atomic E-state index is 0.634. The van der Waals surface area contributed by atoms with Gasteiger partial charge in [0, 0.05) is 48.7 Å². The van der Waals surface area contributed by atoms with E-state index in [9.17, 15) is 0 Å². The van der Waals surface area contributed by atoms with Gasteiger partial charge in [-0.15, -0.1) is 23.2 Å². The van der Waals surface area contributed by atoms with Gasteiger partial charge in [-0.3, -0.25) is 4.98 Å². The van der Waals surface area contributed by atoms with Crippen molar-refractivity contribution in [1.82, 2.24) is 9.88 Å². The van der Waals surface area contributed by atoms with Gasteiger partial charge < -0.3 is 10.2 Å². The van der Waals surface area contributed by atoms with Crippen LogP contribution in [0.4, 0.5) is 5.69 Å². The number of rotatable bonds is 9. The van der Waals surface area contributed by atoms with Crippen molar-refractivity contribution in [3.63, 3.8) is 0 Å². The number of alkyl halides is 2. The molecule has 1 N–H and O–H groups in total. The van der Waals surface area contributed by atoms with Crippen LogP contribution in [0.3, 0.4) is 0 Å². The highest BCUT2D eigenvalue weighted by molar-refractivity contribution is 6.36. The molecule has 0 spiro atoms. The zero-order valence-electron chi connectivity index (χ0n) is 12.4. The van der Waals surface area contributed by atoms with E-state index < -0.39 is 0 Å². The molecule has 0 saturated carbocycles. The third kappa shape index (κ3) is 4.88. The molecule has 1 heterocycles. The lowest BCUT2D eigenvalue weighted by atomic mass is 10.2. The lowest BCUT2D eigenvalue weighted by Crippen LogP contribution is -2.30. The number of benzene rings is 1. The van der Waals surface area contributed by atoms with Crippen molar-refractivity contribution < 1.29 is 0 Å². The summed E-state index contributed by atoms with van der Waals surface area (Å²) in [5.74, 6) is 1.27. The molecule has 120 valence electrons. The van der Waals surface area contributed by atoms with Gasteiger partial charge >= 0.3 is 0 Å². The molecule has 1 aromatic heterocycles. The van der Waals surface area contributed by atoms with E-state index in [1.54, 1.807) is 6.20 Å². The van der Waals surface area contributed by atoms with Gasteiger partial charge in [-0.25, -0.2) is 0 Å². The molecule has 0 aliphatic rings. The number of nitrogens with one attached hydrogen (secondary N) is 1. The number of nitrogens with zero attached hydrogens (tertiary/aromatic N) is 2. The molecule has 6 heteroatoms. The summed E-state index contributed by atoms with van der Waals surface area (Å²) in [6.07, 6.45) is 2.82. The predicted octanol–water partition coefficient (Wildman–Crippen LogP) is 4.47. The number of aromatic nitrogens is 1. The van der Waals surface area contributed by atoms with Crippen molar-refractivity contribution >= 4 is 51.4 Å². The van der Waals surface area contributed by atoms with Crippen molar-refractivity contribution in [2.75, 3.05) is 43.3 Å². The first-order valence-electron chi connectivity index (χ1n) is 7.37. The number of halogens is 3. The second-order valence-corrected chi connectivity index (χ2v) is 6.16. The predicted molar refractivity (Wildman–Crippen MR) is 97.7 cm³/mol. The molecule has 3 nitrogen and oxygen atoms in total. The topological polar surface area (TPSA) is 28.2 Å². The van der Waals surface area contributed by atoms with Crippen LogP contribution in [0, 0.1) is 0 Å². The molecule has 0 radical (unpaired) electrons. The van der Waals surface area contributed by atoms with Crippen LogP contribution in [-0.2, 0) is 0 Å². The minimum absolute atomic E-state index is 0.634. The minimum Gasteiger partial charge on any atom is -0.384 e. The van der Waals surface area contributed by atoms with E-state index in [-0.39, 0.29) is 0 Å². The van der Waals surface area contributed by atoms with Gasteiger partial charge in [0.1, 0.15) is 0 Å². The molecule has 0 unspecified atom stereocenters. The molecule has 1 aromatic carbocycles. The van der Waals surface area contributed by atoms with E-state index >= 15 is 0 Å². The van der Waals surface area contributed by atoms with E-state index in [0.29, 0.717) is 11.8 Å².